The van der Waals surface area contributed by atoms with Crippen LogP contribution in [0.1, 0.15) is 18.4 Å². The number of halogens is 1. The summed E-state index contributed by atoms with van der Waals surface area (Å²) in [5.74, 6) is 0.128. The highest BCUT2D eigenvalue weighted by molar-refractivity contribution is 6.31. The van der Waals surface area contributed by atoms with Gasteiger partial charge < -0.3 is 10.2 Å². The smallest absolute Gasteiger partial charge is 0.255 e. The van der Waals surface area contributed by atoms with Gasteiger partial charge >= 0.3 is 0 Å². The highest BCUT2D eigenvalue weighted by Gasteiger charge is 2.46. The molecule has 0 radical (unpaired) electrons. The van der Waals surface area contributed by atoms with Gasteiger partial charge in [0.1, 0.15) is 5.54 Å². The van der Waals surface area contributed by atoms with E-state index in [2.05, 4.69) is 10.4 Å². The van der Waals surface area contributed by atoms with Gasteiger partial charge in [0.2, 0.25) is 0 Å². The Labute approximate surface area is 140 Å². The van der Waals surface area contributed by atoms with Crippen LogP contribution in [-0.4, -0.2) is 35.3 Å². The summed E-state index contributed by atoms with van der Waals surface area (Å²) < 4.78 is 1.85. The Morgan fingerprint density at radius 3 is 2.87 bits per heavy atom. The number of carbonyl (C=O) groups excluding carboxylic acids is 1. The average Bonchev–Trinajstić information content (AvgIpc) is 3.24. The van der Waals surface area contributed by atoms with Crippen LogP contribution in [0.15, 0.2) is 36.7 Å². The Kier molecular flexibility index (Phi) is 3.62. The van der Waals surface area contributed by atoms with Gasteiger partial charge in [-0.05, 0) is 56.1 Å². The van der Waals surface area contributed by atoms with Crippen LogP contribution in [0.25, 0.3) is 0 Å². The fourth-order valence-electron chi connectivity index (χ4n) is 3.72. The number of nitrogens with zero attached hydrogens (tertiary/aromatic N) is 3. The molecule has 0 atom stereocenters. The second-order valence-corrected chi connectivity index (χ2v) is 6.65. The lowest BCUT2D eigenvalue weighted by atomic mass is 9.86. The first-order valence-corrected chi connectivity index (χ1v) is 8.40. The van der Waals surface area contributed by atoms with E-state index in [-0.39, 0.29) is 5.91 Å². The Morgan fingerprint density at radius 1 is 1.30 bits per heavy atom. The van der Waals surface area contributed by atoms with E-state index in [1.54, 1.807) is 6.20 Å². The van der Waals surface area contributed by atoms with Crippen LogP contribution in [0.3, 0.4) is 0 Å². The van der Waals surface area contributed by atoms with Crippen LogP contribution in [0.4, 0.5) is 5.69 Å². The normalized spacial score (nSPS) is 19.6. The van der Waals surface area contributed by atoms with E-state index in [1.807, 2.05) is 40.0 Å². The minimum atomic E-state index is -0.599. The van der Waals surface area contributed by atoms with Crippen LogP contribution in [0.2, 0.25) is 5.02 Å². The van der Waals surface area contributed by atoms with Gasteiger partial charge in [0.25, 0.3) is 5.91 Å². The summed E-state index contributed by atoms with van der Waals surface area (Å²) in [6, 6.07) is 7.70. The summed E-state index contributed by atoms with van der Waals surface area (Å²) in [5, 5.41) is 8.40. The molecule has 0 saturated carbocycles. The van der Waals surface area contributed by atoms with Crippen molar-refractivity contribution in [2.45, 2.75) is 24.8 Å². The van der Waals surface area contributed by atoms with Crippen molar-refractivity contribution in [3.05, 3.63) is 47.2 Å². The minimum Gasteiger partial charge on any atom is -0.317 e. The van der Waals surface area contributed by atoms with Crippen molar-refractivity contribution < 1.29 is 4.79 Å². The number of hydrogen-bond acceptors (Lipinski definition) is 3. The van der Waals surface area contributed by atoms with Crippen molar-refractivity contribution in [2.24, 2.45) is 0 Å². The highest BCUT2D eigenvalue weighted by Crippen LogP contribution is 2.36. The fourth-order valence-corrected chi connectivity index (χ4v) is 3.88. The summed E-state index contributed by atoms with van der Waals surface area (Å²) in [6.07, 6.45) is 6.02. The summed E-state index contributed by atoms with van der Waals surface area (Å²) in [5.41, 5.74) is 1.54. The molecular formula is C17H19ClN4O. The number of fused-ring (bicyclic) bond motifs is 1. The van der Waals surface area contributed by atoms with E-state index in [4.69, 9.17) is 11.6 Å². The van der Waals surface area contributed by atoms with E-state index in [9.17, 15) is 4.79 Å². The van der Waals surface area contributed by atoms with Crippen molar-refractivity contribution in [1.29, 1.82) is 0 Å². The largest absolute Gasteiger partial charge is 0.317 e. The molecule has 5 nitrogen and oxygen atoms in total. The molecule has 0 bridgehead atoms. The lowest BCUT2D eigenvalue weighted by molar-refractivity contribution is -0.129. The molecule has 1 aromatic carbocycles. The molecule has 1 N–H and O–H groups in total. The maximum atomic E-state index is 13.5. The van der Waals surface area contributed by atoms with Crippen LogP contribution in [-0.2, 0) is 16.8 Å². The number of amides is 1. The van der Waals surface area contributed by atoms with Crippen molar-refractivity contribution >= 4 is 23.2 Å². The molecule has 1 amide bonds. The van der Waals surface area contributed by atoms with Gasteiger partial charge in [0.15, 0.2) is 0 Å². The van der Waals surface area contributed by atoms with E-state index in [1.165, 1.54) is 5.56 Å². The molecule has 2 aliphatic heterocycles. The lowest BCUT2D eigenvalue weighted by Crippen LogP contribution is -2.55. The zero-order valence-electron chi connectivity index (χ0n) is 12.8. The van der Waals surface area contributed by atoms with Crippen LogP contribution < -0.4 is 10.2 Å². The number of benzene rings is 1. The summed E-state index contributed by atoms with van der Waals surface area (Å²) in [4.78, 5) is 15.4. The monoisotopic (exact) mass is 330 g/mol. The first kappa shape index (κ1) is 14.7. The van der Waals surface area contributed by atoms with Gasteiger partial charge in [0.05, 0.1) is 0 Å². The predicted octanol–water partition coefficient (Wildman–Crippen LogP) is 2.20. The average molecular weight is 331 g/mol. The maximum Gasteiger partial charge on any atom is 0.255 e. The minimum absolute atomic E-state index is 0.128. The standard InChI is InChI=1S/C17H19ClN4O/c18-14-3-2-13-4-11-21(15(13)12-14)16(23)17(5-8-19-9-6-17)22-10-1-7-20-22/h1-3,7,10,12,19H,4-6,8-9,11H2. The van der Waals surface area contributed by atoms with Gasteiger partial charge in [-0.25, -0.2) is 0 Å². The first-order chi connectivity index (χ1) is 11.2. The quantitative estimate of drug-likeness (QED) is 0.918. The Morgan fingerprint density at radius 2 is 2.13 bits per heavy atom. The molecular weight excluding hydrogens is 312 g/mol. The SMILES string of the molecule is O=C(N1CCc2ccc(Cl)cc21)C1(n2cccn2)CCNCC1. The van der Waals surface area contributed by atoms with Crippen molar-refractivity contribution in [3.8, 4) is 0 Å². The first-order valence-electron chi connectivity index (χ1n) is 8.02. The molecule has 6 heteroatoms. The van der Waals surface area contributed by atoms with E-state index in [0.717, 1.165) is 38.0 Å². The number of anilines is 1. The molecule has 2 aliphatic rings. The number of carbonyl (C=O) groups is 1. The second-order valence-electron chi connectivity index (χ2n) is 6.21. The number of hydrogen-bond donors (Lipinski definition) is 1. The van der Waals surface area contributed by atoms with Crippen LogP contribution in [0.5, 0.6) is 0 Å². The maximum absolute atomic E-state index is 13.5. The number of rotatable bonds is 2. The van der Waals surface area contributed by atoms with Crippen molar-refractivity contribution in [2.75, 3.05) is 24.5 Å². The molecule has 0 aliphatic carbocycles. The third kappa shape index (κ3) is 2.35. The van der Waals surface area contributed by atoms with E-state index < -0.39 is 5.54 Å². The molecule has 1 fully saturated rings. The van der Waals surface area contributed by atoms with Crippen molar-refractivity contribution in [3.63, 3.8) is 0 Å². The van der Waals surface area contributed by atoms with Gasteiger partial charge in [-0.2, -0.15) is 5.10 Å². The lowest BCUT2D eigenvalue weighted by Gasteiger charge is -2.39. The molecule has 3 heterocycles. The zero-order valence-corrected chi connectivity index (χ0v) is 13.6. The van der Waals surface area contributed by atoms with Gasteiger partial charge in [-0.15, -0.1) is 0 Å². The summed E-state index contributed by atoms with van der Waals surface area (Å²) >= 11 is 6.15. The van der Waals surface area contributed by atoms with Crippen LogP contribution >= 0.6 is 11.6 Å². The molecule has 2 aromatic rings. The van der Waals surface area contributed by atoms with E-state index >= 15 is 0 Å². The van der Waals surface area contributed by atoms with Gasteiger partial charge in [-0.3, -0.25) is 9.48 Å². The van der Waals surface area contributed by atoms with Gasteiger partial charge in [-0.1, -0.05) is 17.7 Å². The molecule has 120 valence electrons. The topological polar surface area (TPSA) is 50.2 Å². The third-order valence-corrected chi connectivity index (χ3v) is 5.19. The number of aromatic nitrogens is 2. The third-order valence-electron chi connectivity index (χ3n) is 4.96. The summed E-state index contributed by atoms with van der Waals surface area (Å²) in [7, 11) is 0. The fraction of sp³-hybridized carbons (Fsp3) is 0.412. The van der Waals surface area contributed by atoms with Crippen LogP contribution in [0, 0.1) is 0 Å². The molecule has 4 rings (SSSR count). The molecule has 23 heavy (non-hydrogen) atoms. The van der Waals surface area contributed by atoms with Crippen molar-refractivity contribution in [1.82, 2.24) is 15.1 Å². The molecule has 0 spiro atoms. The molecule has 1 aromatic heterocycles. The summed E-state index contributed by atoms with van der Waals surface area (Å²) in [6.45, 7) is 2.36. The molecule has 0 unspecified atom stereocenters. The zero-order chi connectivity index (χ0) is 15.9. The van der Waals surface area contributed by atoms with E-state index in [0.29, 0.717) is 11.6 Å². The highest BCUT2D eigenvalue weighted by atomic mass is 35.5. The number of piperidine rings is 1. The Bertz CT molecular complexity index is 722. The van der Waals surface area contributed by atoms with Gasteiger partial charge in [0, 0.05) is 29.6 Å². The molecule has 1 saturated heterocycles. The Balaban J connectivity index is 1.74. The Hall–Kier alpha value is -1.85. The predicted molar refractivity (Wildman–Crippen MR) is 89.8 cm³/mol. The second kappa shape index (κ2) is 5.65. The number of nitrogens with one attached hydrogen (secondary N) is 1.